The lowest BCUT2D eigenvalue weighted by Crippen LogP contribution is -2.17. The van der Waals surface area contributed by atoms with Crippen LogP contribution in [0.3, 0.4) is 0 Å². The summed E-state index contributed by atoms with van der Waals surface area (Å²) in [6, 6.07) is 28.8. The van der Waals surface area contributed by atoms with Crippen LogP contribution in [0, 0.1) is 6.92 Å². The Bertz CT molecular complexity index is 1370. The zero-order valence-corrected chi connectivity index (χ0v) is 21.1. The maximum atomic E-state index is 12.4. The number of nitrogens with zero attached hydrogens (tertiary/aromatic N) is 1. The summed E-state index contributed by atoms with van der Waals surface area (Å²) in [5.74, 6) is 0.301. The Labute approximate surface area is 217 Å². The van der Waals surface area contributed by atoms with Gasteiger partial charge in [-0.1, -0.05) is 51.8 Å². The van der Waals surface area contributed by atoms with Crippen LogP contribution in [0.2, 0.25) is 0 Å². The molecule has 4 aromatic rings. The third kappa shape index (κ3) is 7.13. The van der Waals surface area contributed by atoms with Crippen molar-refractivity contribution in [1.82, 2.24) is 5.43 Å². The van der Waals surface area contributed by atoms with Crippen molar-refractivity contribution in [3.63, 3.8) is 0 Å². The average molecular weight is 543 g/mol. The van der Waals surface area contributed by atoms with Crippen LogP contribution in [0.5, 0.6) is 11.5 Å². The molecule has 0 spiro atoms. The first-order valence-electron chi connectivity index (χ1n) is 11.2. The highest BCUT2D eigenvalue weighted by Crippen LogP contribution is 2.17. The number of hydrazone groups is 1. The number of ether oxygens (including phenoxy) is 2. The van der Waals surface area contributed by atoms with E-state index in [1.165, 1.54) is 11.8 Å². The minimum absolute atomic E-state index is 0.337. The van der Waals surface area contributed by atoms with E-state index < -0.39 is 5.97 Å². The topological polar surface area (TPSA) is 77.0 Å². The zero-order chi connectivity index (χ0) is 25.3. The normalized spacial score (nSPS) is 10.7. The Kier molecular flexibility index (Phi) is 8.26. The van der Waals surface area contributed by atoms with Gasteiger partial charge in [0, 0.05) is 10.0 Å². The van der Waals surface area contributed by atoms with Crippen LogP contribution in [0.4, 0.5) is 0 Å². The molecule has 0 bridgehead atoms. The number of carbonyl (C=O) groups is 2. The molecule has 0 aliphatic heterocycles. The van der Waals surface area contributed by atoms with Crippen LogP contribution in [-0.4, -0.2) is 18.1 Å². The van der Waals surface area contributed by atoms with E-state index in [0.717, 1.165) is 15.6 Å². The van der Waals surface area contributed by atoms with Gasteiger partial charge in [0.25, 0.3) is 5.91 Å². The Hall–Kier alpha value is -4.23. The molecule has 4 rings (SSSR count). The molecule has 4 aromatic carbocycles. The minimum Gasteiger partial charge on any atom is -0.489 e. The van der Waals surface area contributed by atoms with Crippen molar-refractivity contribution in [1.29, 1.82) is 0 Å². The first-order valence-corrected chi connectivity index (χ1v) is 12.0. The highest BCUT2D eigenvalue weighted by atomic mass is 79.9. The lowest BCUT2D eigenvalue weighted by Gasteiger charge is -2.07. The maximum absolute atomic E-state index is 12.4. The van der Waals surface area contributed by atoms with Gasteiger partial charge >= 0.3 is 5.97 Å². The van der Waals surface area contributed by atoms with Crippen molar-refractivity contribution in [2.75, 3.05) is 0 Å². The zero-order valence-electron chi connectivity index (χ0n) is 19.5. The molecule has 1 amide bonds. The van der Waals surface area contributed by atoms with E-state index in [0.29, 0.717) is 29.2 Å². The van der Waals surface area contributed by atoms with Gasteiger partial charge in [-0.2, -0.15) is 5.10 Å². The van der Waals surface area contributed by atoms with Gasteiger partial charge in [-0.3, -0.25) is 4.79 Å². The van der Waals surface area contributed by atoms with E-state index >= 15 is 0 Å². The number of rotatable bonds is 8. The fourth-order valence-corrected chi connectivity index (χ4v) is 3.59. The summed E-state index contributed by atoms with van der Waals surface area (Å²) in [5.41, 5.74) is 6.42. The lowest BCUT2D eigenvalue weighted by atomic mass is 10.2. The van der Waals surface area contributed by atoms with Crippen LogP contribution in [0.25, 0.3) is 0 Å². The molecular weight excluding hydrogens is 520 g/mol. The number of carbonyl (C=O) groups excluding carboxylic acids is 2. The first kappa shape index (κ1) is 24.9. The fourth-order valence-electron chi connectivity index (χ4n) is 3.19. The minimum atomic E-state index is -0.448. The largest absolute Gasteiger partial charge is 0.489 e. The first-order chi connectivity index (χ1) is 17.5. The van der Waals surface area contributed by atoms with Crippen LogP contribution < -0.4 is 14.9 Å². The number of amides is 1. The predicted molar refractivity (Wildman–Crippen MR) is 143 cm³/mol. The number of nitrogens with one attached hydrogen (secondary N) is 1. The standard InChI is InChI=1S/C29H23BrN2O4/c1-20-5-7-22(8-6-20)19-35-26-15-11-23(12-16-26)28(33)32-31-18-21-9-13-27(14-10-21)36-29(34)24-3-2-4-25(30)17-24/h2-18H,19H2,1H3,(H,32,33)/b31-18+. The van der Waals surface area contributed by atoms with Crippen LogP contribution in [0.15, 0.2) is 107 Å². The smallest absolute Gasteiger partial charge is 0.343 e. The second-order valence-corrected chi connectivity index (χ2v) is 8.88. The molecule has 0 atom stereocenters. The van der Waals surface area contributed by atoms with Gasteiger partial charge in [-0.05, 0) is 84.8 Å². The van der Waals surface area contributed by atoms with E-state index in [4.69, 9.17) is 9.47 Å². The second kappa shape index (κ2) is 12.0. The van der Waals surface area contributed by atoms with E-state index in [2.05, 4.69) is 26.5 Å². The van der Waals surface area contributed by atoms with Gasteiger partial charge in [0.05, 0.1) is 11.8 Å². The molecule has 7 heteroatoms. The number of halogens is 1. The molecule has 0 saturated carbocycles. The van der Waals surface area contributed by atoms with Crippen molar-refractivity contribution in [3.8, 4) is 11.5 Å². The van der Waals surface area contributed by atoms with Crippen LogP contribution in [0.1, 0.15) is 37.4 Å². The Morgan fingerprint density at radius 2 is 1.56 bits per heavy atom. The number of hydrogen-bond donors (Lipinski definition) is 1. The molecule has 0 radical (unpaired) electrons. The van der Waals surface area contributed by atoms with E-state index in [1.54, 1.807) is 66.7 Å². The van der Waals surface area contributed by atoms with E-state index in [1.807, 2.05) is 37.3 Å². The van der Waals surface area contributed by atoms with Gasteiger partial charge in [0.1, 0.15) is 18.1 Å². The van der Waals surface area contributed by atoms with E-state index in [9.17, 15) is 9.59 Å². The molecular formula is C29H23BrN2O4. The molecule has 0 aromatic heterocycles. The third-order valence-electron chi connectivity index (χ3n) is 5.17. The molecule has 36 heavy (non-hydrogen) atoms. The quantitative estimate of drug-likeness (QED) is 0.122. The highest BCUT2D eigenvalue weighted by molar-refractivity contribution is 9.10. The van der Waals surface area contributed by atoms with Crippen molar-refractivity contribution >= 4 is 34.0 Å². The highest BCUT2D eigenvalue weighted by Gasteiger charge is 2.09. The SMILES string of the molecule is Cc1ccc(COc2ccc(C(=O)N/N=C/c3ccc(OC(=O)c4cccc(Br)c4)cc3)cc2)cc1. The summed E-state index contributed by atoms with van der Waals surface area (Å²) in [6.45, 7) is 2.50. The second-order valence-electron chi connectivity index (χ2n) is 7.97. The number of benzene rings is 4. The lowest BCUT2D eigenvalue weighted by molar-refractivity contribution is 0.0734. The predicted octanol–water partition coefficient (Wildman–Crippen LogP) is 6.32. The number of hydrogen-bond acceptors (Lipinski definition) is 5. The molecule has 0 aliphatic rings. The molecule has 6 nitrogen and oxygen atoms in total. The number of aryl methyl sites for hydroxylation is 1. The Morgan fingerprint density at radius 1 is 0.861 bits per heavy atom. The Balaban J connectivity index is 1.25. The van der Waals surface area contributed by atoms with Gasteiger partial charge in [0.2, 0.25) is 0 Å². The summed E-state index contributed by atoms with van der Waals surface area (Å²) >= 11 is 3.34. The monoisotopic (exact) mass is 542 g/mol. The average Bonchev–Trinajstić information content (AvgIpc) is 2.89. The van der Waals surface area contributed by atoms with Gasteiger partial charge in [0.15, 0.2) is 0 Å². The van der Waals surface area contributed by atoms with Crippen molar-refractivity contribution in [2.24, 2.45) is 5.10 Å². The summed E-state index contributed by atoms with van der Waals surface area (Å²) in [6.07, 6.45) is 1.51. The summed E-state index contributed by atoms with van der Waals surface area (Å²) in [7, 11) is 0. The molecule has 0 saturated heterocycles. The van der Waals surface area contributed by atoms with Crippen molar-refractivity contribution in [3.05, 3.63) is 129 Å². The van der Waals surface area contributed by atoms with Gasteiger partial charge in [-0.25, -0.2) is 10.2 Å². The molecule has 0 heterocycles. The van der Waals surface area contributed by atoms with Crippen molar-refractivity contribution in [2.45, 2.75) is 13.5 Å². The summed E-state index contributed by atoms with van der Waals surface area (Å²) < 4.78 is 12.0. The van der Waals surface area contributed by atoms with Gasteiger partial charge in [-0.15, -0.1) is 0 Å². The van der Waals surface area contributed by atoms with Crippen molar-refractivity contribution < 1.29 is 19.1 Å². The van der Waals surface area contributed by atoms with Crippen LogP contribution in [-0.2, 0) is 6.61 Å². The fraction of sp³-hybridized carbons (Fsp3) is 0.0690. The Morgan fingerprint density at radius 3 is 2.25 bits per heavy atom. The van der Waals surface area contributed by atoms with Crippen LogP contribution >= 0.6 is 15.9 Å². The van der Waals surface area contributed by atoms with E-state index in [-0.39, 0.29) is 5.91 Å². The molecule has 0 aliphatic carbocycles. The molecule has 1 N–H and O–H groups in total. The molecule has 180 valence electrons. The summed E-state index contributed by atoms with van der Waals surface area (Å²) in [4.78, 5) is 24.6. The number of esters is 1. The summed E-state index contributed by atoms with van der Waals surface area (Å²) in [5, 5.41) is 4.00. The maximum Gasteiger partial charge on any atom is 0.343 e. The molecule has 0 unspecified atom stereocenters. The third-order valence-corrected chi connectivity index (χ3v) is 5.67. The molecule has 0 fully saturated rings. The van der Waals surface area contributed by atoms with Gasteiger partial charge < -0.3 is 9.47 Å².